The zero-order chi connectivity index (χ0) is 52.1. The predicted octanol–water partition coefficient (Wildman–Crippen LogP) is 5.28. The molecule has 6 aliphatic rings. The Morgan fingerprint density at radius 3 is 2.22 bits per heavy atom. The highest BCUT2D eigenvalue weighted by Gasteiger charge is 2.70. The summed E-state index contributed by atoms with van der Waals surface area (Å²) in [5.74, 6) is -1.57. The monoisotopic (exact) mass is 1010 g/mol. The molecule has 72 heavy (non-hydrogen) atoms. The number of unbranched alkanes of at least 4 members (excludes halogenated alkanes) is 3. The van der Waals surface area contributed by atoms with Gasteiger partial charge in [0.15, 0.2) is 24.8 Å². The van der Waals surface area contributed by atoms with E-state index in [0.29, 0.717) is 44.5 Å². The molecule has 3 saturated carbocycles. The van der Waals surface area contributed by atoms with E-state index in [0.717, 1.165) is 51.4 Å². The lowest BCUT2D eigenvalue weighted by Crippen LogP contribution is -2.64. The summed E-state index contributed by atoms with van der Waals surface area (Å²) >= 11 is 0. The van der Waals surface area contributed by atoms with Crippen LogP contribution in [0.3, 0.4) is 0 Å². The Morgan fingerprint density at radius 1 is 0.847 bits per heavy atom. The second-order valence-corrected chi connectivity index (χ2v) is 22.2. The highest BCUT2D eigenvalue weighted by atomic mass is 16.8. The van der Waals surface area contributed by atoms with E-state index in [-0.39, 0.29) is 65.7 Å². The van der Waals surface area contributed by atoms with Crippen molar-refractivity contribution in [2.75, 3.05) is 33.4 Å². The van der Waals surface area contributed by atoms with Crippen molar-refractivity contribution >= 4 is 23.8 Å². The number of benzene rings is 1. The topological polar surface area (TPSA) is 261 Å². The van der Waals surface area contributed by atoms with Gasteiger partial charge in [0.1, 0.15) is 47.7 Å². The van der Waals surface area contributed by atoms with Gasteiger partial charge in [-0.2, -0.15) is 0 Å². The van der Waals surface area contributed by atoms with Crippen molar-refractivity contribution in [1.29, 1.82) is 0 Å². The molecule has 7 N–H and O–H groups in total. The van der Waals surface area contributed by atoms with E-state index in [9.17, 15) is 39.6 Å². The number of nitrogens with one attached hydrogen (secondary N) is 1. The number of hydrogen-bond acceptors (Lipinski definition) is 17. The van der Waals surface area contributed by atoms with E-state index < -0.39 is 90.8 Å². The number of carbonyl (C=O) groups is 4. The number of carbonyl (C=O) groups excluding carboxylic acids is 4. The van der Waals surface area contributed by atoms with Gasteiger partial charge in [-0.1, -0.05) is 59.1 Å². The summed E-state index contributed by atoms with van der Waals surface area (Å²) in [5, 5.41) is 49.8. The fourth-order valence-corrected chi connectivity index (χ4v) is 13.2. The van der Waals surface area contributed by atoms with E-state index in [1.165, 1.54) is 31.7 Å². The molecule has 17 atom stereocenters. The summed E-state index contributed by atoms with van der Waals surface area (Å²) in [6.07, 6.45) is -1.96. The third-order valence-corrected chi connectivity index (χ3v) is 17.4. The van der Waals surface area contributed by atoms with Crippen molar-refractivity contribution in [1.82, 2.24) is 5.32 Å². The third kappa shape index (κ3) is 11.7. The van der Waals surface area contributed by atoms with Crippen LogP contribution >= 0.6 is 0 Å². The molecule has 2 saturated heterocycles. The number of fused-ring (bicyclic) bond motifs is 5. The molecule has 1 aromatic carbocycles. The summed E-state index contributed by atoms with van der Waals surface area (Å²) in [7, 11) is 1.48. The molecule has 5 fully saturated rings. The number of nitrogens with two attached hydrogens (primary N) is 1. The third-order valence-electron chi connectivity index (χ3n) is 17.4. The Labute approximate surface area is 424 Å². The second kappa shape index (κ2) is 23.9. The van der Waals surface area contributed by atoms with E-state index in [4.69, 9.17) is 43.6 Å². The number of rotatable bonds is 20. The molecular formula is C54H82N2O16. The van der Waals surface area contributed by atoms with Crippen molar-refractivity contribution < 1.29 is 77.5 Å². The van der Waals surface area contributed by atoms with Gasteiger partial charge in [-0.3, -0.25) is 9.59 Å². The van der Waals surface area contributed by atoms with Crippen LogP contribution in [0.1, 0.15) is 135 Å². The van der Waals surface area contributed by atoms with E-state index >= 15 is 0 Å². The van der Waals surface area contributed by atoms with Crippen molar-refractivity contribution in [2.24, 2.45) is 46.2 Å². The average molecular weight is 1020 g/mol. The van der Waals surface area contributed by atoms with Crippen LogP contribution in [0.2, 0.25) is 0 Å². The molecule has 18 heteroatoms. The van der Waals surface area contributed by atoms with Gasteiger partial charge < -0.3 is 69.4 Å². The molecule has 18 nitrogen and oxygen atoms in total. The molecule has 4 aliphatic carbocycles. The molecule has 7 rings (SSSR count). The molecule has 0 bridgehead atoms. The molecule has 2 heterocycles. The number of esters is 2. The summed E-state index contributed by atoms with van der Waals surface area (Å²) in [5.41, 5.74) is 4.33. The fourth-order valence-electron chi connectivity index (χ4n) is 13.2. The van der Waals surface area contributed by atoms with Crippen LogP contribution in [-0.2, 0) is 42.7 Å². The standard InChI is InChI=1S/C54H82N2O16/c1-30(2)12-19-40(58)31(3)54(64)43(27-39-37-18-15-34-26-36(69-51(63)56-25-11-9-8-10-24-55)20-22-52(34,5)38(37)21-23-53(39,54)6)70-50-47(68-32(4)57)45(42(60)29-67-50)72-49-46(44(61)41(59)28-66-49)71-48(62)33-13-16-35(65-7)17-14-33/h13-17,30-31,36-39,41-47,49-50,59-61,64H,8-12,18-29,55H2,1-7H3,(H,56,63)/t31-,36+,37-,38?,39+,41-,42+,43+,44+,45+,46-,47-,49+,50+,52+,53+,54-/m1/s1. The minimum atomic E-state index is -1.71. The van der Waals surface area contributed by atoms with Gasteiger partial charge in [-0.25, -0.2) is 9.59 Å². The normalized spacial score (nSPS) is 37.8. The number of alkyl carbamates (subject to hydrolysis) is 1. The van der Waals surface area contributed by atoms with Crippen LogP contribution in [0.25, 0.3) is 0 Å². The maximum Gasteiger partial charge on any atom is 0.407 e. The SMILES string of the molecule is COc1ccc(C(=O)O[C@H]2[C@H](O[C@@H]3[C@@H](OC(C)=O)[C@H](O[C@H]4C[C@H]5[C@@H]6CC=C7C[C@@H](OC(=O)NCCCCCCN)CC[C@]7(C)C6CC[C@]5(C)[C@@]4(O)[C@H](C)C(=O)CCC(C)C)OC[C@@H]3O)OC[C@@H](O)[C@@H]2O)cc1. The number of methoxy groups -OCH3 is 1. The van der Waals surface area contributed by atoms with Gasteiger partial charge in [-0.05, 0) is 118 Å². The predicted molar refractivity (Wildman–Crippen MR) is 261 cm³/mol. The molecule has 0 radical (unpaired) electrons. The first-order valence-corrected chi connectivity index (χ1v) is 26.4. The molecule has 1 unspecified atom stereocenters. The van der Waals surface area contributed by atoms with Crippen LogP contribution in [-0.4, -0.2) is 145 Å². The van der Waals surface area contributed by atoms with Crippen molar-refractivity contribution in [3.05, 3.63) is 41.5 Å². The number of aliphatic hydroxyl groups is 4. The molecule has 1 aromatic rings. The number of hydrogen-bond donors (Lipinski definition) is 6. The quantitative estimate of drug-likeness (QED) is 0.0420. The summed E-state index contributed by atoms with van der Waals surface area (Å²) in [6, 6.07) is 6.04. The van der Waals surface area contributed by atoms with Crippen molar-refractivity contribution in [2.45, 2.75) is 192 Å². The zero-order valence-electron chi connectivity index (χ0n) is 43.3. The largest absolute Gasteiger partial charge is 0.497 e. The van der Waals surface area contributed by atoms with Gasteiger partial charge >= 0.3 is 18.0 Å². The summed E-state index contributed by atoms with van der Waals surface area (Å²) in [6.45, 7) is 11.9. The van der Waals surface area contributed by atoms with Gasteiger partial charge in [0.25, 0.3) is 0 Å². The summed E-state index contributed by atoms with van der Waals surface area (Å²) < 4.78 is 47.9. The first-order valence-electron chi connectivity index (χ1n) is 26.4. The van der Waals surface area contributed by atoms with Crippen LogP contribution < -0.4 is 15.8 Å². The Balaban J connectivity index is 1.12. The van der Waals surface area contributed by atoms with Crippen molar-refractivity contribution in [3.63, 3.8) is 0 Å². The molecule has 1 amide bonds. The van der Waals surface area contributed by atoms with Gasteiger partial charge in [0, 0.05) is 37.6 Å². The first-order chi connectivity index (χ1) is 34.2. The molecule has 0 aromatic heterocycles. The lowest BCUT2D eigenvalue weighted by Gasteiger charge is -2.59. The Kier molecular flexibility index (Phi) is 18.6. The number of ketones is 1. The molecule has 2 aliphatic heterocycles. The van der Waals surface area contributed by atoms with Crippen LogP contribution in [0.4, 0.5) is 4.79 Å². The Bertz CT molecular complexity index is 2050. The smallest absolute Gasteiger partial charge is 0.407 e. The van der Waals surface area contributed by atoms with Crippen LogP contribution in [0, 0.1) is 40.4 Å². The Morgan fingerprint density at radius 2 is 1.54 bits per heavy atom. The van der Waals surface area contributed by atoms with Gasteiger partial charge in [-0.15, -0.1) is 0 Å². The Hall–Kier alpha value is -3.72. The van der Waals surface area contributed by atoms with Crippen LogP contribution in [0.15, 0.2) is 35.9 Å². The van der Waals surface area contributed by atoms with Gasteiger partial charge in [0.2, 0.25) is 0 Å². The zero-order valence-corrected chi connectivity index (χ0v) is 43.3. The minimum Gasteiger partial charge on any atom is -0.497 e. The minimum absolute atomic E-state index is 0.0845. The number of amides is 1. The highest BCUT2D eigenvalue weighted by Crippen LogP contribution is 2.69. The molecule has 404 valence electrons. The number of allylic oxidation sites excluding steroid dienone is 1. The summed E-state index contributed by atoms with van der Waals surface area (Å²) in [4.78, 5) is 53.5. The second-order valence-electron chi connectivity index (χ2n) is 22.2. The van der Waals surface area contributed by atoms with Crippen molar-refractivity contribution in [3.8, 4) is 5.75 Å². The number of ether oxygens (including phenoxy) is 8. The number of aliphatic hydroxyl groups excluding tert-OH is 3. The molecule has 0 spiro atoms. The first kappa shape index (κ1) is 56.0. The van der Waals surface area contributed by atoms with E-state index in [1.54, 1.807) is 19.1 Å². The highest BCUT2D eigenvalue weighted by molar-refractivity contribution is 5.89. The average Bonchev–Trinajstić information content (AvgIpc) is 3.58. The maximum absolute atomic E-state index is 14.3. The molecular weight excluding hydrogens is 933 g/mol. The van der Waals surface area contributed by atoms with Gasteiger partial charge in [0.05, 0.1) is 32.0 Å². The lowest BCUT2D eigenvalue weighted by atomic mass is 9.46. The number of Topliss-reactive ketones (excluding diaryl/α,β-unsaturated/α-hetero) is 1. The van der Waals surface area contributed by atoms with Crippen LogP contribution in [0.5, 0.6) is 5.75 Å². The maximum atomic E-state index is 14.3. The lowest BCUT2D eigenvalue weighted by molar-refractivity contribution is -0.345. The van der Waals surface area contributed by atoms with E-state index in [1.807, 2.05) is 0 Å². The fraction of sp³-hybridized carbons (Fsp3) is 0.778. The van der Waals surface area contributed by atoms with E-state index in [2.05, 4.69) is 39.1 Å².